The molecule has 1 unspecified atom stereocenters. The largest absolute Gasteiger partial charge is 0.494 e. The molecule has 100 valence electrons. The van der Waals surface area contributed by atoms with Crippen molar-refractivity contribution in [3.63, 3.8) is 0 Å². The Labute approximate surface area is 118 Å². The highest BCUT2D eigenvalue weighted by Crippen LogP contribution is 2.26. The molecule has 0 saturated heterocycles. The second kappa shape index (κ2) is 6.09. The predicted octanol–water partition coefficient (Wildman–Crippen LogP) is 4.13. The molecule has 0 amide bonds. The van der Waals surface area contributed by atoms with E-state index in [1.54, 1.807) is 0 Å². The minimum absolute atomic E-state index is 0.637. The Hall–Kier alpha value is -1.51. The van der Waals surface area contributed by atoms with Crippen molar-refractivity contribution in [1.29, 1.82) is 0 Å². The summed E-state index contributed by atoms with van der Waals surface area (Å²) in [6.07, 6.45) is -0.647. The van der Waals surface area contributed by atoms with Gasteiger partial charge in [0, 0.05) is 5.02 Å². The van der Waals surface area contributed by atoms with Gasteiger partial charge in [-0.3, -0.25) is 0 Å². The van der Waals surface area contributed by atoms with E-state index in [-0.39, 0.29) is 0 Å². The molecule has 19 heavy (non-hydrogen) atoms. The topological polar surface area (TPSA) is 29.5 Å². The van der Waals surface area contributed by atoms with Crippen LogP contribution >= 0.6 is 11.6 Å². The van der Waals surface area contributed by atoms with Gasteiger partial charge in [-0.1, -0.05) is 35.9 Å². The zero-order valence-electron chi connectivity index (χ0n) is 11.1. The third-order valence-electron chi connectivity index (χ3n) is 3.00. The van der Waals surface area contributed by atoms with Gasteiger partial charge in [-0.2, -0.15) is 0 Å². The summed E-state index contributed by atoms with van der Waals surface area (Å²) < 4.78 is 5.38. The fraction of sp³-hybridized carbons (Fsp3) is 0.250. The number of hydrogen-bond donors (Lipinski definition) is 1. The minimum Gasteiger partial charge on any atom is -0.494 e. The van der Waals surface area contributed by atoms with Gasteiger partial charge < -0.3 is 9.84 Å². The van der Waals surface area contributed by atoms with E-state index in [0.717, 1.165) is 22.4 Å². The molecule has 0 aromatic heterocycles. The summed E-state index contributed by atoms with van der Waals surface area (Å²) in [4.78, 5) is 0. The average molecular weight is 277 g/mol. The Kier molecular flexibility index (Phi) is 4.46. The van der Waals surface area contributed by atoms with Crippen molar-refractivity contribution in [3.05, 3.63) is 64.2 Å². The van der Waals surface area contributed by atoms with Crippen molar-refractivity contribution < 1.29 is 9.84 Å². The number of benzene rings is 2. The number of hydrogen-bond acceptors (Lipinski definition) is 2. The molecular weight excluding hydrogens is 260 g/mol. The molecule has 0 aliphatic carbocycles. The van der Waals surface area contributed by atoms with Gasteiger partial charge in [0.2, 0.25) is 0 Å². The van der Waals surface area contributed by atoms with Gasteiger partial charge in [0.15, 0.2) is 0 Å². The molecule has 0 aliphatic rings. The molecule has 2 nitrogen and oxygen atoms in total. The Morgan fingerprint density at radius 1 is 1.11 bits per heavy atom. The molecule has 0 heterocycles. The van der Waals surface area contributed by atoms with Crippen molar-refractivity contribution in [2.45, 2.75) is 20.0 Å². The van der Waals surface area contributed by atoms with Crippen molar-refractivity contribution in [3.8, 4) is 5.75 Å². The van der Waals surface area contributed by atoms with Crippen LogP contribution in [0, 0.1) is 6.92 Å². The van der Waals surface area contributed by atoms with Crippen LogP contribution < -0.4 is 4.74 Å². The van der Waals surface area contributed by atoms with E-state index in [0.29, 0.717) is 11.6 Å². The van der Waals surface area contributed by atoms with Gasteiger partial charge in [-0.15, -0.1) is 0 Å². The van der Waals surface area contributed by atoms with Crippen LogP contribution in [0.2, 0.25) is 5.02 Å². The molecule has 2 rings (SSSR count). The molecule has 0 aliphatic heterocycles. The van der Waals surface area contributed by atoms with E-state index in [4.69, 9.17) is 16.3 Å². The smallest absolute Gasteiger partial charge is 0.119 e. The lowest BCUT2D eigenvalue weighted by Crippen LogP contribution is -2.00. The lowest BCUT2D eigenvalue weighted by Gasteiger charge is -2.13. The van der Waals surface area contributed by atoms with Gasteiger partial charge in [0.25, 0.3) is 0 Å². The summed E-state index contributed by atoms with van der Waals surface area (Å²) in [5.74, 6) is 0.811. The molecule has 0 saturated carbocycles. The van der Waals surface area contributed by atoms with Crippen LogP contribution in [0.25, 0.3) is 0 Å². The van der Waals surface area contributed by atoms with Crippen molar-refractivity contribution in [2.75, 3.05) is 6.61 Å². The molecular formula is C16H17ClO2. The zero-order chi connectivity index (χ0) is 13.8. The first-order valence-electron chi connectivity index (χ1n) is 6.28. The van der Waals surface area contributed by atoms with E-state index < -0.39 is 6.10 Å². The van der Waals surface area contributed by atoms with E-state index in [1.165, 1.54) is 0 Å². The highest BCUT2D eigenvalue weighted by Gasteiger charge is 2.11. The third-order valence-corrected chi connectivity index (χ3v) is 3.43. The zero-order valence-corrected chi connectivity index (χ0v) is 11.8. The summed E-state index contributed by atoms with van der Waals surface area (Å²) in [6.45, 7) is 4.51. The average Bonchev–Trinajstić information content (AvgIpc) is 2.42. The standard InChI is InChI=1S/C16H17ClO2/c1-3-19-14-7-4-12(5-8-14)16(18)13-6-9-15(17)11(2)10-13/h4-10,16,18H,3H2,1-2H3. The monoisotopic (exact) mass is 276 g/mol. The maximum absolute atomic E-state index is 10.3. The normalized spacial score (nSPS) is 12.2. The number of aliphatic hydroxyl groups excluding tert-OH is 1. The first-order chi connectivity index (χ1) is 9.11. The van der Waals surface area contributed by atoms with Crippen LogP contribution in [-0.4, -0.2) is 11.7 Å². The lowest BCUT2D eigenvalue weighted by molar-refractivity contribution is 0.220. The van der Waals surface area contributed by atoms with Gasteiger partial charge >= 0.3 is 0 Å². The molecule has 1 N–H and O–H groups in total. The first kappa shape index (κ1) is 13.9. The molecule has 0 spiro atoms. The second-order valence-corrected chi connectivity index (χ2v) is 4.82. The van der Waals surface area contributed by atoms with Gasteiger partial charge in [-0.05, 0) is 48.7 Å². The summed E-state index contributed by atoms with van der Waals surface area (Å²) in [7, 11) is 0. The number of halogens is 1. The first-order valence-corrected chi connectivity index (χ1v) is 6.66. The summed E-state index contributed by atoms with van der Waals surface area (Å²) in [6, 6.07) is 13.0. The quantitative estimate of drug-likeness (QED) is 0.910. The van der Waals surface area contributed by atoms with Gasteiger partial charge in [0.05, 0.1) is 6.61 Å². The fourth-order valence-electron chi connectivity index (χ4n) is 1.94. The maximum Gasteiger partial charge on any atom is 0.119 e. The fourth-order valence-corrected chi connectivity index (χ4v) is 2.06. The second-order valence-electron chi connectivity index (χ2n) is 4.41. The maximum atomic E-state index is 10.3. The third kappa shape index (κ3) is 3.28. The van der Waals surface area contributed by atoms with Crippen LogP contribution in [0.5, 0.6) is 5.75 Å². The minimum atomic E-state index is -0.647. The molecule has 2 aromatic carbocycles. The number of aryl methyl sites for hydroxylation is 1. The predicted molar refractivity (Wildman–Crippen MR) is 77.9 cm³/mol. The van der Waals surface area contributed by atoms with E-state index in [2.05, 4.69) is 0 Å². The Morgan fingerprint density at radius 2 is 1.74 bits per heavy atom. The van der Waals surface area contributed by atoms with Crippen LogP contribution in [0.15, 0.2) is 42.5 Å². The van der Waals surface area contributed by atoms with Gasteiger partial charge in [-0.25, -0.2) is 0 Å². The molecule has 0 fully saturated rings. The van der Waals surface area contributed by atoms with Gasteiger partial charge in [0.1, 0.15) is 11.9 Å². The number of ether oxygens (including phenoxy) is 1. The molecule has 2 aromatic rings. The van der Waals surface area contributed by atoms with Crippen LogP contribution in [-0.2, 0) is 0 Å². The lowest BCUT2D eigenvalue weighted by atomic mass is 10.00. The summed E-state index contributed by atoms with van der Waals surface area (Å²) >= 11 is 5.99. The van der Waals surface area contributed by atoms with Crippen molar-refractivity contribution in [1.82, 2.24) is 0 Å². The molecule has 1 atom stereocenters. The summed E-state index contributed by atoms with van der Waals surface area (Å²) in [5, 5.41) is 11.1. The van der Waals surface area contributed by atoms with E-state index in [1.807, 2.05) is 56.3 Å². The molecule has 0 bridgehead atoms. The molecule has 3 heteroatoms. The summed E-state index contributed by atoms with van der Waals surface area (Å²) in [5.41, 5.74) is 2.64. The van der Waals surface area contributed by atoms with E-state index >= 15 is 0 Å². The van der Waals surface area contributed by atoms with Crippen molar-refractivity contribution >= 4 is 11.6 Å². The van der Waals surface area contributed by atoms with Crippen molar-refractivity contribution in [2.24, 2.45) is 0 Å². The Balaban J connectivity index is 2.22. The Bertz CT molecular complexity index is 549. The Morgan fingerprint density at radius 3 is 2.32 bits per heavy atom. The number of aliphatic hydroxyl groups is 1. The highest BCUT2D eigenvalue weighted by atomic mass is 35.5. The van der Waals surface area contributed by atoms with Crippen LogP contribution in [0.4, 0.5) is 0 Å². The van der Waals surface area contributed by atoms with Crippen LogP contribution in [0.3, 0.4) is 0 Å². The van der Waals surface area contributed by atoms with E-state index in [9.17, 15) is 5.11 Å². The SMILES string of the molecule is CCOc1ccc(C(O)c2ccc(Cl)c(C)c2)cc1. The number of rotatable bonds is 4. The van der Waals surface area contributed by atoms with Crippen LogP contribution in [0.1, 0.15) is 29.7 Å². The molecule has 0 radical (unpaired) electrons. The highest BCUT2D eigenvalue weighted by molar-refractivity contribution is 6.31.